The minimum absolute atomic E-state index is 0. The molecule has 1 saturated heterocycles. The monoisotopic (exact) mass is 578 g/mol. The summed E-state index contributed by atoms with van der Waals surface area (Å²) in [4.78, 5) is 15.2. The van der Waals surface area contributed by atoms with Crippen molar-refractivity contribution >= 4 is 29.7 Å². The van der Waals surface area contributed by atoms with E-state index in [9.17, 15) is 17.6 Å². The van der Waals surface area contributed by atoms with Crippen LogP contribution in [0.4, 0.5) is 34.9 Å². The van der Waals surface area contributed by atoms with Crippen LogP contribution in [0.1, 0.15) is 12.8 Å². The average Bonchev–Trinajstić information content (AvgIpc) is 3.35. The molecule has 0 amide bonds. The van der Waals surface area contributed by atoms with Gasteiger partial charge in [0, 0.05) is 60.6 Å². The molecule has 3 N–H and O–H groups in total. The van der Waals surface area contributed by atoms with E-state index in [-0.39, 0.29) is 29.8 Å². The fourth-order valence-corrected chi connectivity index (χ4v) is 4.57. The lowest BCUT2D eigenvalue weighted by Gasteiger charge is -2.34. The van der Waals surface area contributed by atoms with E-state index in [0.717, 1.165) is 29.8 Å². The van der Waals surface area contributed by atoms with E-state index >= 15 is 0 Å². The number of nitrogens with two attached hydrogens (primary N) is 1. The number of rotatable bonds is 7. The minimum atomic E-state index is -4.39. The summed E-state index contributed by atoms with van der Waals surface area (Å²) in [5.74, 6) is 0.699. The molecule has 0 aliphatic carbocycles. The Bertz CT molecular complexity index is 1460. The van der Waals surface area contributed by atoms with Crippen LogP contribution < -0.4 is 20.7 Å². The second-order valence-corrected chi connectivity index (χ2v) is 9.18. The summed E-state index contributed by atoms with van der Waals surface area (Å²) in [6.45, 7) is 0.121. The lowest BCUT2D eigenvalue weighted by molar-refractivity contribution is -0.142. The number of hydrogen-bond donors (Lipinski definition) is 2. The Balaban J connectivity index is 0.00000370. The van der Waals surface area contributed by atoms with Gasteiger partial charge in [0.05, 0.1) is 18.9 Å². The second kappa shape index (κ2) is 12.0. The Morgan fingerprint density at radius 1 is 1.15 bits per heavy atom. The van der Waals surface area contributed by atoms with E-state index in [2.05, 4.69) is 30.3 Å². The van der Waals surface area contributed by atoms with Crippen LogP contribution in [0, 0.1) is 5.82 Å². The maximum atomic E-state index is 14.6. The molecule has 40 heavy (non-hydrogen) atoms. The molecule has 212 valence electrons. The van der Waals surface area contributed by atoms with Crippen LogP contribution in [0.15, 0.2) is 55.1 Å². The first-order chi connectivity index (χ1) is 18.7. The van der Waals surface area contributed by atoms with Crippen LogP contribution in [0.2, 0.25) is 0 Å². The highest BCUT2D eigenvalue weighted by atomic mass is 35.5. The molecule has 1 aliphatic heterocycles. The Morgan fingerprint density at radius 3 is 2.73 bits per heavy atom. The van der Waals surface area contributed by atoms with Crippen molar-refractivity contribution in [2.75, 3.05) is 30.4 Å². The zero-order valence-corrected chi connectivity index (χ0v) is 22.2. The first kappa shape index (κ1) is 29.0. The Hall–Kier alpha value is -3.97. The number of nitrogens with one attached hydrogen (secondary N) is 1. The molecule has 1 aliphatic rings. The van der Waals surface area contributed by atoms with Crippen molar-refractivity contribution in [3.05, 3.63) is 60.9 Å². The fraction of sp³-hybridized carbons (Fsp3) is 0.308. The summed E-state index contributed by atoms with van der Waals surface area (Å²) in [5.41, 5.74) is 8.23. The molecule has 1 fully saturated rings. The smallest absolute Gasteiger partial charge is 0.408 e. The molecule has 0 radical (unpaired) electrons. The fourth-order valence-electron chi connectivity index (χ4n) is 4.57. The number of halogens is 5. The predicted molar refractivity (Wildman–Crippen MR) is 145 cm³/mol. The number of aromatic nitrogens is 5. The van der Waals surface area contributed by atoms with E-state index in [1.807, 2.05) is 0 Å². The second-order valence-electron chi connectivity index (χ2n) is 9.18. The number of ether oxygens (including phenoxy) is 1. The summed E-state index contributed by atoms with van der Waals surface area (Å²) < 4.78 is 59.4. The van der Waals surface area contributed by atoms with Crippen molar-refractivity contribution in [2.24, 2.45) is 5.73 Å². The molecule has 4 aromatic rings. The van der Waals surface area contributed by atoms with Gasteiger partial charge in [0.15, 0.2) is 5.82 Å². The van der Waals surface area contributed by atoms with Crippen LogP contribution in [-0.4, -0.2) is 57.1 Å². The van der Waals surface area contributed by atoms with Gasteiger partial charge >= 0.3 is 6.18 Å². The van der Waals surface area contributed by atoms with Crippen molar-refractivity contribution in [1.82, 2.24) is 24.7 Å². The van der Waals surface area contributed by atoms with Crippen molar-refractivity contribution in [3.63, 3.8) is 0 Å². The molecule has 1 atom stereocenters. The number of pyridine rings is 1. The van der Waals surface area contributed by atoms with Crippen molar-refractivity contribution in [3.8, 4) is 28.3 Å². The molecule has 0 saturated carbocycles. The molecule has 14 heteroatoms. The van der Waals surface area contributed by atoms with Gasteiger partial charge in [-0.15, -0.1) is 12.4 Å². The first-order valence-electron chi connectivity index (χ1n) is 12.2. The summed E-state index contributed by atoms with van der Waals surface area (Å²) in [7, 11) is 1.44. The van der Waals surface area contributed by atoms with Gasteiger partial charge < -0.3 is 20.7 Å². The average molecular weight is 579 g/mol. The van der Waals surface area contributed by atoms with E-state index in [1.165, 1.54) is 37.8 Å². The predicted octanol–water partition coefficient (Wildman–Crippen LogP) is 5.21. The summed E-state index contributed by atoms with van der Waals surface area (Å²) in [6, 6.07) is 7.82. The minimum Gasteiger partial charge on any atom is -0.496 e. The molecule has 0 bridgehead atoms. The number of hydrogen-bond acceptors (Lipinski definition) is 8. The van der Waals surface area contributed by atoms with Gasteiger partial charge in [-0.2, -0.15) is 18.3 Å². The third-order valence-corrected chi connectivity index (χ3v) is 6.30. The normalized spacial score (nSPS) is 15.4. The van der Waals surface area contributed by atoms with Gasteiger partial charge in [-0.05, 0) is 31.0 Å². The SMILES string of the molecule is COc1cccc(F)c1-c1nccc(Nc2cc(N3CCC[C@H](N)C3)c(-c3cnn(CC(F)(F)F)c3)cn2)n1.Cl. The molecule has 9 nitrogen and oxygen atoms in total. The van der Waals surface area contributed by atoms with Gasteiger partial charge in [0.25, 0.3) is 0 Å². The summed E-state index contributed by atoms with van der Waals surface area (Å²) in [6.07, 6.45) is 3.18. The number of anilines is 3. The molecule has 0 unspecified atom stereocenters. The van der Waals surface area contributed by atoms with Crippen LogP contribution >= 0.6 is 12.4 Å². The molecular weight excluding hydrogens is 552 g/mol. The lowest BCUT2D eigenvalue weighted by Crippen LogP contribution is -2.43. The number of piperidine rings is 1. The van der Waals surface area contributed by atoms with E-state index < -0.39 is 18.5 Å². The number of methoxy groups -OCH3 is 1. The van der Waals surface area contributed by atoms with Gasteiger partial charge in [0.1, 0.15) is 29.7 Å². The highest BCUT2D eigenvalue weighted by molar-refractivity contribution is 5.85. The third kappa shape index (κ3) is 6.59. The molecule has 3 aromatic heterocycles. The number of benzene rings is 1. The maximum absolute atomic E-state index is 14.6. The van der Waals surface area contributed by atoms with Gasteiger partial charge in [0.2, 0.25) is 0 Å². The van der Waals surface area contributed by atoms with Crippen molar-refractivity contribution < 1.29 is 22.3 Å². The van der Waals surface area contributed by atoms with Crippen LogP contribution in [0.5, 0.6) is 5.75 Å². The molecule has 4 heterocycles. The third-order valence-electron chi connectivity index (χ3n) is 6.30. The van der Waals surface area contributed by atoms with Crippen molar-refractivity contribution in [1.29, 1.82) is 0 Å². The zero-order valence-electron chi connectivity index (χ0n) is 21.4. The van der Waals surface area contributed by atoms with Gasteiger partial charge in [-0.3, -0.25) is 4.68 Å². The maximum Gasteiger partial charge on any atom is 0.408 e. The van der Waals surface area contributed by atoms with E-state index in [0.29, 0.717) is 35.1 Å². The number of nitrogens with zero attached hydrogens (tertiary/aromatic N) is 6. The standard InChI is InChI=1S/C26H26F4N8O.ClH/c1-39-21-6-2-5-19(27)24(21)25-32-8-7-22(36-25)35-23-10-20(37-9-3-4-17(31)14-37)18(12-33-23)16-11-34-38(13-16)15-26(28,29)30;/h2,5-8,10-13,17H,3-4,9,14-15,31H2,1H3,(H,32,33,35,36);1H/t17-;/m0./s1. The zero-order chi connectivity index (χ0) is 27.6. The highest BCUT2D eigenvalue weighted by Gasteiger charge is 2.29. The quantitative estimate of drug-likeness (QED) is 0.288. The molecule has 1 aromatic carbocycles. The van der Waals surface area contributed by atoms with Crippen LogP contribution in [0.25, 0.3) is 22.5 Å². The highest BCUT2D eigenvalue weighted by Crippen LogP contribution is 2.35. The molecular formula is C26H27ClF4N8O. The summed E-state index contributed by atoms with van der Waals surface area (Å²) in [5, 5.41) is 7.00. The Morgan fingerprint density at radius 2 is 1.98 bits per heavy atom. The van der Waals surface area contributed by atoms with Gasteiger partial charge in [-0.25, -0.2) is 19.3 Å². The topological polar surface area (TPSA) is 107 Å². The number of alkyl halides is 3. The Kier molecular flexibility index (Phi) is 8.74. The molecule has 5 rings (SSSR count). The van der Waals surface area contributed by atoms with Gasteiger partial charge in [-0.1, -0.05) is 6.07 Å². The Labute approximate surface area is 233 Å². The van der Waals surface area contributed by atoms with Crippen LogP contribution in [-0.2, 0) is 6.54 Å². The first-order valence-corrected chi connectivity index (χ1v) is 12.2. The molecule has 0 spiro atoms. The summed E-state index contributed by atoms with van der Waals surface area (Å²) >= 11 is 0. The van der Waals surface area contributed by atoms with E-state index in [1.54, 1.807) is 24.4 Å². The lowest BCUT2D eigenvalue weighted by atomic mass is 10.0. The van der Waals surface area contributed by atoms with Crippen molar-refractivity contribution in [2.45, 2.75) is 31.6 Å². The van der Waals surface area contributed by atoms with Crippen LogP contribution in [0.3, 0.4) is 0 Å². The van der Waals surface area contributed by atoms with E-state index in [4.69, 9.17) is 10.5 Å². The largest absolute Gasteiger partial charge is 0.496 e.